The molecule has 0 aliphatic heterocycles. The Morgan fingerprint density at radius 3 is 2.67 bits per heavy atom. The number of hydrogen-bond acceptors (Lipinski definition) is 3. The number of ketones is 1. The summed E-state index contributed by atoms with van der Waals surface area (Å²) in [5, 5.41) is 8.70. The van der Waals surface area contributed by atoms with E-state index >= 15 is 0 Å². The molecule has 0 unspecified atom stereocenters. The van der Waals surface area contributed by atoms with E-state index in [1.807, 2.05) is 19.1 Å². The van der Waals surface area contributed by atoms with Crippen LogP contribution in [0.4, 0.5) is 4.39 Å². The van der Waals surface area contributed by atoms with Gasteiger partial charge in [-0.15, -0.1) is 0 Å². The van der Waals surface area contributed by atoms with Crippen molar-refractivity contribution in [2.45, 2.75) is 20.5 Å². The summed E-state index contributed by atoms with van der Waals surface area (Å²) in [5.41, 5.74) is 2.02. The summed E-state index contributed by atoms with van der Waals surface area (Å²) in [6.07, 6.45) is 0. The third-order valence-corrected chi connectivity index (χ3v) is 3.08. The van der Waals surface area contributed by atoms with Crippen LogP contribution in [0, 0.1) is 24.1 Å². The molecule has 0 spiro atoms. The van der Waals surface area contributed by atoms with E-state index in [0.717, 1.165) is 5.56 Å². The van der Waals surface area contributed by atoms with Crippen LogP contribution in [0.3, 0.4) is 0 Å². The predicted octanol–water partition coefficient (Wildman–Crippen LogP) is 3.79. The molecule has 3 nitrogen and oxygen atoms in total. The first-order chi connectivity index (χ1) is 10.0. The number of aryl methyl sites for hydroxylation is 1. The Balaban J connectivity index is 2.22. The zero-order chi connectivity index (χ0) is 15.4. The van der Waals surface area contributed by atoms with E-state index in [4.69, 9.17) is 10.00 Å². The summed E-state index contributed by atoms with van der Waals surface area (Å²) < 4.78 is 19.4. The predicted molar refractivity (Wildman–Crippen MR) is 76.6 cm³/mol. The van der Waals surface area contributed by atoms with Crippen molar-refractivity contribution in [3.8, 4) is 11.8 Å². The van der Waals surface area contributed by atoms with Gasteiger partial charge in [-0.1, -0.05) is 12.1 Å². The minimum absolute atomic E-state index is 0.00127. The number of hydrogen-bond donors (Lipinski definition) is 0. The Morgan fingerprint density at radius 2 is 2.05 bits per heavy atom. The zero-order valence-corrected chi connectivity index (χ0v) is 11.8. The minimum Gasteiger partial charge on any atom is -0.488 e. The Hall–Kier alpha value is -2.67. The van der Waals surface area contributed by atoms with Crippen LogP contribution in [0.1, 0.15) is 34.0 Å². The lowest BCUT2D eigenvalue weighted by Gasteiger charge is -2.11. The molecular weight excluding hydrogens is 269 g/mol. The van der Waals surface area contributed by atoms with Crippen molar-refractivity contribution >= 4 is 5.78 Å². The molecule has 2 rings (SSSR count). The fourth-order valence-electron chi connectivity index (χ4n) is 1.93. The monoisotopic (exact) mass is 283 g/mol. The molecule has 0 N–H and O–H groups in total. The normalized spacial score (nSPS) is 10.0. The highest BCUT2D eigenvalue weighted by Crippen LogP contribution is 2.22. The fourth-order valence-corrected chi connectivity index (χ4v) is 1.93. The fraction of sp³-hybridized carbons (Fsp3) is 0.176. The van der Waals surface area contributed by atoms with E-state index in [2.05, 4.69) is 0 Å². The summed E-state index contributed by atoms with van der Waals surface area (Å²) in [5.74, 6) is -0.164. The average molecular weight is 283 g/mol. The van der Waals surface area contributed by atoms with Crippen LogP contribution in [-0.4, -0.2) is 5.78 Å². The van der Waals surface area contributed by atoms with E-state index in [-0.39, 0.29) is 18.0 Å². The van der Waals surface area contributed by atoms with Gasteiger partial charge in [0.15, 0.2) is 5.78 Å². The summed E-state index contributed by atoms with van der Waals surface area (Å²) in [6.45, 7) is 3.35. The van der Waals surface area contributed by atoms with Crippen molar-refractivity contribution in [1.82, 2.24) is 0 Å². The van der Waals surface area contributed by atoms with Gasteiger partial charge in [-0.25, -0.2) is 4.39 Å². The van der Waals surface area contributed by atoms with Crippen molar-refractivity contribution in [3.63, 3.8) is 0 Å². The molecule has 0 radical (unpaired) electrons. The molecule has 0 saturated carbocycles. The molecule has 21 heavy (non-hydrogen) atoms. The van der Waals surface area contributed by atoms with Gasteiger partial charge in [0.2, 0.25) is 0 Å². The summed E-state index contributed by atoms with van der Waals surface area (Å²) >= 11 is 0. The number of carbonyl (C=O) groups is 1. The minimum atomic E-state index is -0.494. The lowest BCUT2D eigenvalue weighted by Crippen LogP contribution is -2.03. The Bertz CT molecular complexity index is 732. The quantitative estimate of drug-likeness (QED) is 0.802. The lowest BCUT2D eigenvalue weighted by atomic mass is 10.1. The molecular formula is C17H14FNO2. The van der Waals surface area contributed by atoms with Crippen LogP contribution in [0.25, 0.3) is 0 Å². The van der Waals surface area contributed by atoms with E-state index in [1.54, 1.807) is 12.1 Å². The van der Waals surface area contributed by atoms with Crippen molar-refractivity contribution in [3.05, 3.63) is 64.5 Å². The van der Waals surface area contributed by atoms with Gasteiger partial charge in [-0.2, -0.15) is 5.26 Å². The average Bonchev–Trinajstić information content (AvgIpc) is 2.45. The van der Waals surface area contributed by atoms with E-state index in [9.17, 15) is 9.18 Å². The van der Waals surface area contributed by atoms with E-state index in [1.165, 1.54) is 25.1 Å². The largest absolute Gasteiger partial charge is 0.488 e. The highest BCUT2D eigenvalue weighted by Gasteiger charge is 2.10. The van der Waals surface area contributed by atoms with Gasteiger partial charge in [-0.05, 0) is 43.7 Å². The second-order valence-electron chi connectivity index (χ2n) is 4.76. The van der Waals surface area contributed by atoms with Crippen molar-refractivity contribution in [2.75, 3.05) is 0 Å². The molecule has 0 aliphatic rings. The standard InChI is InChI=1S/C17H14FNO2/c1-11-3-6-15(12(2)20)17(7-11)21-10-14-5-4-13(9-19)8-16(14)18/h3-8H,10H2,1-2H3. The van der Waals surface area contributed by atoms with Gasteiger partial charge in [0.1, 0.15) is 18.2 Å². The first-order valence-corrected chi connectivity index (χ1v) is 6.44. The molecule has 0 amide bonds. The zero-order valence-electron chi connectivity index (χ0n) is 11.8. The molecule has 0 heterocycles. The molecule has 106 valence electrons. The molecule has 0 saturated heterocycles. The number of Topliss-reactive ketones (excluding diaryl/α,β-unsaturated/α-hetero) is 1. The van der Waals surface area contributed by atoms with Crippen molar-refractivity contribution in [1.29, 1.82) is 5.26 Å². The maximum absolute atomic E-state index is 13.8. The maximum Gasteiger partial charge on any atom is 0.163 e. The highest BCUT2D eigenvalue weighted by atomic mass is 19.1. The SMILES string of the molecule is CC(=O)c1ccc(C)cc1OCc1ccc(C#N)cc1F. The molecule has 0 bridgehead atoms. The number of benzene rings is 2. The third-order valence-electron chi connectivity index (χ3n) is 3.08. The number of ether oxygens (including phenoxy) is 1. The second kappa shape index (κ2) is 6.19. The Morgan fingerprint density at radius 1 is 1.29 bits per heavy atom. The van der Waals surface area contributed by atoms with Crippen molar-refractivity contribution < 1.29 is 13.9 Å². The maximum atomic E-state index is 13.8. The van der Waals surface area contributed by atoms with Gasteiger partial charge in [0.05, 0.1) is 17.2 Å². The Kier molecular flexibility index (Phi) is 4.34. The van der Waals surface area contributed by atoms with Gasteiger partial charge in [-0.3, -0.25) is 4.79 Å². The van der Waals surface area contributed by atoms with Crippen LogP contribution in [0.2, 0.25) is 0 Å². The molecule has 0 aromatic heterocycles. The molecule has 2 aromatic carbocycles. The summed E-state index contributed by atoms with van der Waals surface area (Å²) in [6, 6.07) is 11.4. The second-order valence-corrected chi connectivity index (χ2v) is 4.76. The van der Waals surface area contributed by atoms with Gasteiger partial charge >= 0.3 is 0 Å². The Labute approximate surface area is 122 Å². The molecule has 0 atom stereocenters. The lowest BCUT2D eigenvalue weighted by molar-refractivity contribution is 0.101. The molecule has 0 aliphatic carbocycles. The van der Waals surface area contributed by atoms with Gasteiger partial charge < -0.3 is 4.74 Å². The number of nitriles is 1. The number of rotatable bonds is 4. The topological polar surface area (TPSA) is 50.1 Å². The number of halogens is 1. The van der Waals surface area contributed by atoms with Crippen LogP contribution < -0.4 is 4.74 Å². The van der Waals surface area contributed by atoms with Crippen LogP contribution in [0.5, 0.6) is 5.75 Å². The molecule has 4 heteroatoms. The summed E-state index contributed by atoms with van der Waals surface area (Å²) in [4.78, 5) is 11.5. The molecule has 2 aromatic rings. The van der Waals surface area contributed by atoms with Crippen LogP contribution in [-0.2, 0) is 6.61 Å². The third kappa shape index (κ3) is 3.46. The van der Waals surface area contributed by atoms with Crippen LogP contribution in [0.15, 0.2) is 36.4 Å². The van der Waals surface area contributed by atoms with Crippen LogP contribution >= 0.6 is 0 Å². The smallest absolute Gasteiger partial charge is 0.163 e. The number of nitrogens with zero attached hydrogens (tertiary/aromatic N) is 1. The van der Waals surface area contributed by atoms with Gasteiger partial charge in [0.25, 0.3) is 0 Å². The van der Waals surface area contributed by atoms with E-state index in [0.29, 0.717) is 16.9 Å². The van der Waals surface area contributed by atoms with Gasteiger partial charge in [0, 0.05) is 5.56 Å². The summed E-state index contributed by atoms with van der Waals surface area (Å²) in [7, 11) is 0. The van der Waals surface area contributed by atoms with Crippen molar-refractivity contribution in [2.24, 2.45) is 0 Å². The first-order valence-electron chi connectivity index (χ1n) is 6.44. The molecule has 0 fully saturated rings. The first kappa shape index (κ1) is 14.7. The number of carbonyl (C=O) groups excluding carboxylic acids is 1. The highest BCUT2D eigenvalue weighted by molar-refractivity contribution is 5.96. The van der Waals surface area contributed by atoms with E-state index < -0.39 is 5.82 Å².